The van der Waals surface area contributed by atoms with E-state index in [1.807, 2.05) is 50.5 Å². The van der Waals surface area contributed by atoms with Crippen molar-refractivity contribution in [1.82, 2.24) is 4.68 Å². The molecule has 0 fully saturated rings. The summed E-state index contributed by atoms with van der Waals surface area (Å²) in [4.78, 5) is 0. The highest BCUT2D eigenvalue weighted by Gasteiger charge is 2.02. The van der Waals surface area contributed by atoms with E-state index in [4.69, 9.17) is 0 Å². The van der Waals surface area contributed by atoms with Crippen LogP contribution in [0.1, 0.15) is 16.7 Å². The van der Waals surface area contributed by atoms with Crippen LogP contribution in [0.5, 0.6) is 5.75 Å². The zero-order chi connectivity index (χ0) is 11.5. The molecule has 0 spiro atoms. The molecular formula is C13H14N2O. The number of aromatic hydroxyl groups is 1. The summed E-state index contributed by atoms with van der Waals surface area (Å²) in [5.41, 5.74) is 2.73. The molecule has 1 N–H and O–H groups in total. The zero-order valence-electron chi connectivity index (χ0n) is 9.38. The van der Waals surface area contributed by atoms with Crippen LogP contribution in [0.4, 0.5) is 0 Å². The molecule has 3 heteroatoms. The van der Waals surface area contributed by atoms with Crippen molar-refractivity contribution in [1.29, 1.82) is 0 Å². The summed E-state index contributed by atoms with van der Waals surface area (Å²) >= 11 is 0. The third-order valence-electron chi connectivity index (χ3n) is 2.39. The smallest absolute Gasteiger partial charge is 0.127 e. The molecule has 0 aliphatic carbocycles. The number of hydrogen-bond acceptors (Lipinski definition) is 2. The van der Waals surface area contributed by atoms with Gasteiger partial charge in [0.1, 0.15) is 5.75 Å². The number of hydrogen-bond donors (Lipinski definition) is 1. The number of aromatic nitrogens is 1. The Morgan fingerprint density at radius 3 is 2.56 bits per heavy atom. The molecule has 0 aliphatic heterocycles. The van der Waals surface area contributed by atoms with Crippen molar-refractivity contribution in [2.45, 2.75) is 13.8 Å². The summed E-state index contributed by atoms with van der Waals surface area (Å²) in [5, 5.41) is 14.1. The number of phenolic OH excluding ortho intramolecular Hbond substituents is 1. The summed E-state index contributed by atoms with van der Waals surface area (Å²) in [6.07, 6.45) is 5.35. The van der Waals surface area contributed by atoms with E-state index >= 15 is 0 Å². The molecule has 0 atom stereocenters. The summed E-state index contributed by atoms with van der Waals surface area (Å²) in [5.74, 6) is 0.293. The fourth-order valence-electron chi connectivity index (χ4n) is 1.62. The van der Waals surface area contributed by atoms with E-state index in [0.29, 0.717) is 5.75 Å². The first-order valence-electron chi connectivity index (χ1n) is 5.14. The first-order chi connectivity index (χ1) is 7.66. The lowest BCUT2D eigenvalue weighted by atomic mass is 10.1. The Hall–Kier alpha value is -2.03. The lowest BCUT2D eigenvalue weighted by Gasteiger charge is -2.04. The van der Waals surface area contributed by atoms with Gasteiger partial charge in [0.05, 0.1) is 6.21 Å². The molecule has 0 amide bonds. The van der Waals surface area contributed by atoms with Gasteiger partial charge in [0, 0.05) is 18.0 Å². The summed E-state index contributed by atoms with van der Waals surface area (Å²) in [6.45, 7) is 3.88. The number of nitrogens with zero attached hydrogens (tertiary/aromatic N) is 2. The van der Waals surface area contributed by atoms with E-state index in [1.54, 1.807) is 10.9 Å². The van der Waals surface area contributed by atoms with Gasteiger partial charge in [-0.25, -0.2) is 4.68 Å². The Kier molecular flexibility index (Phi) is 2.77. The van der Waals surface area contributed by atoms with Crippen molar-refractivity contribution in [2.24, 2.45) is 5.10 Å². The number of rotatable bonds is 2. The van der Waals surface area contributed by atoms with E-state index in [-0.39, 0.29) is 0 Å². The van der Waals surface area contributed by atoms with Crippen molar-refractivity contribution in [3.63, 3.8) is 0 Å². The summed E-state index contributed by atoms with van der Waals surface area (Å²) in [6, 6.07) is 7.66. The quantitative estimate of drug-likeness (QED) is 0.767. The topological polar surface area (TPSA) is 37.5 Å². The molecule has 0 aliphatic rings. The number of phenols is 1. The third-order valence-corrected chi connectivity index (χ3v) is 2.39. The van der Waals surface area contributed by atoms with Crippen molar-refractivity contribution in [2.75, 3.05) is 0 Å². The first-order valence-corrected chi connectivity index (χ1v) is 5.14. The van der Waals surface area contributed by atoms with Crippen molar-refractivity contribution in [3.05, 3.63) is 53.3 Å². The van der Waals surface area contributed by atoms with Crippen LogP contribution in [0, 0.1) is 13.8 Å². The van der Waals surface area contributed by atoms with Crippen LogP contribution < -0.4 is 0 Å². The van der Waals surface area contributed by atoms with Crippen LogP contribution >= 0.6 is 0 Å². The molecule has 82 valence electrons. The van der Waals surface area contributed by atoms with Gasteiger partial charge in [-0.2, -0.15) is 5.10 Å². The second kappa shape index (κ2) is 4.23. The summed E-state index contributed by atoms with van der Waals surface area (Å²) < 4.78 is 1.69. The molecule has 1 aromatic carbocycles. The molecule has 16 heavy (non-hydrogen) atoms. The van der Waals surface area contributed by atoms with Gasteiger partial charge in [-0.1, -0.05) is 6.07 Å². The fourth-order valence-corrected chi connectivity index (χ4v) is 1.62. The minimum atomic E-state index is 0.293. The van der Waals surface area contributed by atoms with Gasteiger partial charge in [0.2, 0.25) is 0 Å². The van der Waals surface area contributed by atoms with Crippen molar-refractivity contribution >= 4 is 6.21 Å². The maximum atomic E-state index is 9.85. The molecular weight excluding hydrogens is 200 g/mol. The number of aryl methyl sites for hydroxylation is 2. The molecule has 0 saturated heterocycles. The Morgan fingerprint density at radius 1 is 1.19 bits per heavy atom. The molecule has 1 aromatic heterocycles. The predicted molar refractivity (Wildman–Crippen MR) is 65.0 cm³/mol. The van der Waals surface area contributed by atoms with Gasteiger partial charge in [0.25, 0.3) is 0 Å². The third kappa shape index (κ3) is 2.14. The van der Waals surface area contributed by atoms with E-state index < -0.39 is 0 Å². The van der Waals surface area contributed by atoms with Gasteiger partial charge in [-0.15, -0.1) is 0 Å². The molecule has 0 unspecified atom stereocenters. The van der Waals surface area contributed by atoms with Crippen LogP contribution in [-0.2, 0) is 0 Å². The van der Waals surface area contributed by atoms with Crippen LogP contribution in [0.15, 0.2) is 41.8 Å². The molecule has 2 aromatic rings. The average molecular weight is 214 g/mol. The monoisotopic (exact) mass is 214 g/mol. The Morgan fingerprint density at radius 2 is 1.88 bits per heavy atom. The van der Waals surface area contributed by atoms with Gasteiger partial charge in [-0.3, -0.25) is 0 Å². The van der Waals surface area contributed by atoms with Crippen LogP contribution in [0.3, 0.4) is 0 Å². The Balaban J connectivity index is 2.34. The predicted octanol–water partition coefficient (Wildman–Crippen LogP) is 2.69. The molecule has 0 bridgehead atoms. The van der Waals surface area contributed by atoms with E-state index in [0.717, 1.165) is 16.7 Å². The molecule has 0 radical (unpaired) electrons. The molecule has 0 saturated carbocycles. The maximum Gasteiger partial charge on any atom is 0.127 e. The van der Waals surface area contributed by atoms with E-state index in [2.05, 4.69) is 5.10 Å². The van der Waals surface area contributed by atoms with E-state index in [1.165, 1.54) is 0 Å². The maximum absolute atomic E-state index is 9.85. The average Bonchev–Trinajstić information content (AvgIpc) is 2.74. The SMILES string of the molecule is Cc1cc(C)c(O)c(/C=N/n2cccc2)c1. The van der Waals surface area contributed by atoms with Crippen LogP contribution in [0.2, 0.25) is 0 Å². The lowest BCUT2D eigenvalue weighted by molar-refractivity contribution is 0.470. The summed E-state index contributed by atoms with van der Waals surface area (Å²) in [7, 11) is 0. The fraction of sp³-hybridized carbons (Fsp3) is 0.154. The zero-order valence-corrected chi connectivity index (χ0v) is 9.38. The van der Waals surface area contributed by atoms with Crippen LogP contribution in [-0.4, -0.2) is 16.0 Å². The second-order valence-corrected chi connectivity index (χ2v) is 3.83. The highest BCUT2D eigenvalue weighted by Crippen LogP contribution is 2.22. The molecule has 2 rings (SSSR count). The minimum absolute atomic E-state index is 0.293. The molecule has 1 heterocycles. The van der Waals surface area contributed by atoms with Crippen molar-refractivity contribution < 1.29 is 5.11 Å². The van der Waals surface area contributed by atoms with Crippen LogP contribution in [0.25, 0.3) is 0 Å². The highest BCUT2D eigenvalue weighted by molar-refractivity contribution is 5.84. The van der Waals surface area contributed by atoms with Crippen molar-refractivity contribution in [3.8, 4) is 5.75 Å². The second-order valence-electron chi connectivity index (χ2n) is 3.83. The Labute approximate surface area is 94.7 Å². The van der Waals surface area contributed by atoms with E-state index in [9.17, 15) is 5.11 Å². The largest absolute Gasteiger partial charge is 0.507 e. The standard InChI is InChI=1S/C13H14N2O/c1-10-7-11(2)13(16)12(8-10)9-14-15-5-3-4-6-15/h3-9,16H,1-2H3/b14-9+. The normalized spacial score (nSPS) is 11.1. The van der Waals surface area contributed by atoms with Gasteiger partial charge < -0.3 is 5.11 Å². The number of benzene rings is 1. The first kappa shape index (κ1) is 10.5. The molecule has 3 nitrogen and oxygen atoms in total. The van der Waals surface area contributed by atoms with Gasteiger partial charge in [-0.05, 0) is 43.2 Å². The lowest BCUT2D eigenvalue weighted by Crippen LogP contribution is -1.90. The minimum Gasteiger partial charge on any atom is -0.507 e. The van der Waals surface area contributed by atoms with Gasteiger partial charge in [0.15, 0.2) is 0 Å². The Bertz CT molecular complexity index is 513. The van der Waals surface area contributed by atoms with Gasteiger partial charge >= 0.3 is 0 Å². The highest BCUT2D eigenvalue weighted by atomic mass is 16.3.